The molecule has 0 aliphatic carbocycles. The first-order valence-corrected chi connectivity index (χ1v) is 7.84. The van der Waals surface area contributed by atoms with E-state index in [2.05, 4.69) is 0 Å². The van der Waals surface area contributed by atoms with Gasteiger partial charge in [-0.2, -0.15) is 0 Å². The van der Waals surface area contributed by atoms with Crippen LogP contribution < -0.4 is 5.43 Å². The van der Waals surface area contributed by atoms with Crippen molar-refractivity contribution < 1.29 is 13.9 Å². The number of benzene rings is 2. The lowest BCUT2D eigenvalue weighted by Gasteiger charge is -2.09. The van der Waals surface area contributed by atoms with Crippen molar-refractivity contribution in [2.75, 3.05) is 0 Å². The fourth-order valence-electron chi connectivity index (χ4n) is 2.55. The summed E-state index contributed by atoms with van der Waals surface area (Å²) in [5.74, 6) is 0.208. The summed E-state index contributed by atoms with van der Waals surface area (Å²) >= 11 is 0. The molecule has 1 heterocycles. The van der Waals surface area contributed by atoms with Crippen LogP contribution in [0.1, 0.15) is 19.4 Å². The van der Waals surface area contributed by atoms with Crippen LogP contribution >= 0.6 is 0 Å². The van der Waals surface area contributed by atoms with E-state index in [1.165, 1.54) is 6.07 Å². The van der Waals surface area contributed by atoms with Gasteiger partial charge in [-0.05, 0) is 37.6 Å². The Balaban J connectivity index is 1.94. The van der Waals surface area contributed by atoms with Crippen LogP contribution in [0.5, 0.6) is 0 Å². The topological polar surface area (TPSA) is 56.5 Å². The van der Waals surface area contributed by atoms with Gasteiger partial charge in [-0.3, -0.25) is 9.59 Å². The second kappa shape index (κ2) is 6.71. The van der Waals surface area contributed by atoms with Crippen LogP contribution in [0.4, 0.5) is 0 Å². The molecule has 0 bridgehead atoms. The summed E-state index contributed by atoms with van der Waals surface area (Å²) in [7, 11) is 0. The van der Waals surface area contributed by atoms with Crippen LogP contribution in [0, 0.1) is 0 Å². The highest BCUT2D eigenvalue weighted by atomic mass is 16.5. The Bertz CT molecular complexity index is 938. The summed E-state index contributed by atoms with van der Waals surface area (Å²) in [4.78, 5) is 24.0. The Labute approximate surface area is 139 Å². The lowest BCUT2D eigenvalue weighted by molar-refractivity contribution is -0.146. The van der Waals surface area contributed by atoms with Crippen molar-refractivity contribution in [1.29, 1.82) is 0 Å². The first kappa shape index (κ1) is 16.0. The zero-order valence-electron chi connectivity index (χ0n) is 13.6. The summed E-state index contributed by atoms with van der Waals surface area (Å²) in [5, 5.41) is 0.554. The molecule has 0 fully saturated rings. The molecule has 4 nitrogen and oxygen atoms in total. The molecular weight excluding hydrogens is 304 g/mol. The summed E-state index contributed by atoms with van der Waals surface area (Å²) in [6, 6.07) is 16.0. The Morgan fingerprint density at radius 2 is 1.88 bits per heavy atom. The minimum absolute atomic E-state index is 0.0866. The highest BCUT2D eigenvalue weighted by Crippen LogP contribution is 2.23. The number of hydrogen-bond acceptors (Lipinski definition) is 4. The van der Waals surface area contributed by atoms with Crippen molar-refractivity contribution in [3.8, 4) is 11.3 Å². The van der Waals surface area contributed by atoms with Gasteiger partial charge in [0.05, 0.1) is 17.9 Å². The number of fused-ring (bicyclic) bond motifs is 1. The fourth-order valence-corrected chi connectivity index (χ4v) is 2.55. The highest BCUT2D eigenvalue weighted by Gasteiger charge is 2.10. The number of hydrogen-bond donors (Lipinski definition) is 0. The van der Waals surface area contributed by atoms with E-state index in [4.69, 9.17) is 9.15 Å². The molecule has 24 heavy (non-hydrogen) atoms. The van der Waals surface area contributed by atoms with Crippen molar-refractivity contribution >= 4 is 16.9 Å². The van der Waals surface area contributed by atoms with Gasteiger partial charge in [0.2, 0.25) is 0 Å². The molecule has 4 heteroatoms. The number of ether oxygens (including phenoxy) is 1. The number of carbonyl (C=O) groups is 1. The maximum absolute atomic E-state index is 12.2. The van der Waals surface area contributed by atoms with Crippen molar-refractivity contribution in [1.82, 2.24) is 0 Å². The standard InChI is InChI=1S/C20H18O4/c1-13(2)23-20(22)11-14-6-5-7-15(10-14)19-12-17(21)16-8-3-4-9-18(16)24-19/h3-10,12-13H,11H2,1-2H3. The predicted molar refractivity (Wildman–Crippen MR) is 92.9 cm³/mol. The minimum atomic E-state index is -0.276. The molecule has 0 atom stereocenters. The molecule has 0 N–H and O–H groups in total. The smallest absolute Gasteiger partial charge is 0.310 e. The van der Waals surface area contributed by atoms with E-state index in [-0.39, 0.29) is 23.9 Å². The van der Waals surface area contributed by atoms with Crippen LogP contribution in [0.25, 0.3) is 22.3 Å². The molecule has 0 saturated heterocycles. The summed E-state index contributed by atoms with van der Waals surface area (Å²) in [6.45, 7) is 3.64. The van der Waals surface area contributed by atoms with Gasteiger partial charge in [0.15, 0.2) is 5.43 Å². The molecule has 0 spiro atoms. The molecule has 0 saturated carbocycles. The molecule has 0 aliphatic rings. The van der Waals surface area contributed by atoms with E-state index in [9.17, 15) is 9.59 Å². The van der Waals surface area contributed by atoms with E-state index in [1.54, 1.807) is 18.2 Å². The SMILES string of the molecule is CC(C)OC(=O)Cc1cccc(-c2cc(=O)c3ccccc3o2)c1. The molecule has 0 unspecified atom stereocenters. The summed E-state index contributed by atoms with van der Waals surface area (Å²) in [6.07, 6.45) is 0.0447. The molecule has 0 radical (unpaired) electrons. The predicted octanol–water partition coefficient (Wildman–Crippen LogP) is 3.95. The summed E-state index contributed by atoms with van der Waals surface area (Å²) < 4.78 is 11.0. The first-order chi connectivity index (χ1) is 11.5. The van der Waals surface area contributed by atoms with Crippen LogP contribution in [0.15, 0.2) is 63.8 Å². The van der Waals surface area contributed by atoms with Crippen LogP contribution in [0.3, 0.4) is 0 Å². The van der Waals surface area contributed by atoms with Gasteiger partial charge in [-0.1, -0.05) is 30.3 Å². The normalized spacial score (nSPS) is 11.0. The molecule has 0 aliphatic heterocycles. The zero-order chi connectivity index (χ0) is 17.1. The minimum Gasteiger partial charge on any atom is -0.463 e. The van der Waals surface area contributed by atoms with Gasteiger partial charge in [-0.15, -0.1) is 0 Å². The second-order valence-corrected chi connectivity index (χ2v) is 5.89. The van der Waals surface area contributed by atoms with Gasteiger partial charge < -0.3 is 9.15 Å². The molecular formula is C20H18O4. The Morgan fingerprint density at radius 3 is 2.67 bits per heavy atom. The van der Waals surface area contributed by atoms with Gasteiger partial charge >= 0.3 is 5.97 Å². The van der Waals surface area contributed by atoms with Crippen LogP contribution in [-0.4, -0.2) is 12.1 Å². The third kappa shape index (κ3) is 3.54. The molecule has 3 rings (SSSR count). The van der Waals surface area contributed by atoms with Crippen molar-refractivity contribution in [3.63, 3.8) is 0 Å². The second-order valence-electron chi connectivity index (χ2n) is 5.89. The Hall–Kier alpha value is -2.88. The third-order valence-electron chi connectivity index (χ3n) is 3.56. The maximum Gasteiger partial charge on any atom is 0.310 e. The van der Waals surface area contributed by atoms with E-state index in [0.717, 1.165) is 11.1 Å². The lowest BCUT2D eigenvalue weighted by Crippen LogP contribution is -2.13. The number of carbonyl (C=O) groups excluding carboxylic acids is 1. The van der Waals surface area contributed by atoms with Gasteiger partial charge in [0.25, 0.3) is 0 Å². The van der Waals surface area contributed by atoms with E-state index < -0.39 is 0 Å². The van der Waals surface area contributed by atoms with E-state index in [1.807, 2.05) is 44.2 Å². The van der Waals surface area contributed by atoms with Crippen molar-refractivity contribution in [2.45, 2.75) is 26.4 Å². The third-order valence-corrected chi connectivity index (χ3v) is 3.56. The Kier molecular flexibility index (Phi) is 4.47. The zero-order valence-corrected chi connectivity index (χ0v) is 13.6. The molecule has 0 amide bonds. The number of para-hydroxylation sites is 1. The van der Waals surface area contributed by atoms with Crippen molar-refractivity contribution in [2.24, 2.45) is 0 Å². The Morgan fingerprint density at radius 1 is 1.08 bits per heavy atom. The maximum atomic E-state index is 12.2. The van der Waals surface area contributed by atoms with E-state index in [0.29, 0.717) is 16.7 Å². The van der Waals surface area contributed by atoms with Gasteiger partial charge in [0, 0.05) is 11.6 Å². The monoisotopic (exact) mass is 322 g/mol. The summed E-state index contributed by atoms with van der Waals surface area (Å²) in [5.41, 5.74) is 2.03. The lowest BCUT2D eigenvalue weighted by atomic mass is 10.1. The van der Waals surface area contributed by atoms with Crippen LogP contribution in [0.2, 0.25) is 0 Å². The first-order valence-electron chi connectivity index (χ1n) is 7.84. The average Bonchev–Trinajstić information content (AvgIpc) is 2.54. The molecule has 3 aromatic rings. The molecule has 122 valence electrons. The molecule has 1 aromatic heterocycles. The largest absolute Gasteiger partial charge is 0.463 e. The van der Waals surface area contributed by atoms with Crippen molar-refractivity contribution in [3.05, 3.63) is 70.4 Å². The quantitative estimate of drug-likeness (QED) is 0.682. The van der Waals surface area contributed by atoms with Gasteiger partial charge in [0.1, 0.15) is 11.3 Å². The fraction of sp³-hybridized carbons (Fsp3) is 0.200. The number of esters is 1. The van der Waals surface area contributed by atoms with Crippen LogP contribution in [-0.2, 0) is 16.0 Å². The molecule has 2 aromatic carbocycles. The number of rotatable bonds is 4. The van der Waals surface area contributed by atoms with Gasteiger partial charge in [-0.25, -0.2) is 0 Å². The highest BCUT2D eigenvalue weighted by molar-refractivity contribution is 5.79. The average molecular weight is 322 g/mol. The van der Waals surface area contributed by atoms with E-state index >= 15 is 0 Å².